The van der Waals surface area contributed by atoms with Crippen LogP contribution >= 0.6 is 0 Å². The van der Waals surface area contributed by atoms with E-state index in [1.165, 1.54) is 16.7 Å². The first-order valence-corrected chi connectivity index (χ1v) is 11.5. The van der Waals surface area contributed by atoms with Gasteiger partial charge in [-0.25, -0.2) is 0 Å². The van der Waals surface area contributed by atoms with E-state index >= 15 is 0 Å². The van der Waals surface area contributed by atoms with Crippen LogP contribution in [0.4, 0.5) is 0 Å². The van der Waals surface area contributed by atoms with Crippen molar-refractivity contribution in [1.29, 1.82) is 0 Å². The Morgan fingerprint density at radius 1 is 0.909 bits per heavy atom. The molecule has 0 aromatic heterocycles. The number of fused-ring (bicyclic) bond motifs is 1. The largest absolute Gasteiger partial charge is 0.334 e. The molecule has 1 atom stereocenters. The second kappa shape index (κ2) is 10.3. The molecule has 0 saturated carbocycles. The molecule has 1 aliphatic rings. The molecular formula is C30H29NO2. The van der Waals surface area contributed by atoms with E-state index in [0.717, 1.165) is 30.5 Å². The normalized spacial score (nSPS) is 13.5. The predicted molar refractivity (Wildman–Crippen MR) is 132 cm³/mol. The van der Waals surface area contributed by atoms with Crippen LogP contribution in [0, 0.1) is 17.8 Å². The Balaban J connectivity index is 1.42. The lowest BCUT2D eigenvalue weighted by atomic mass is 9.96. The minimum Gasteiger partial charge on any atom is -0.334 e. The smallest absolute Gasteiger partial charge is 0.254 e. The summed E-state index contributed by atoms with van der Waals surface area (Å²) in [5, 5.41) is 0. The van der Waals surface area contributed by atoms with E-state index in [-0.39, 0.29) is 11.7 Å². The summed E-state index contributed by atoms with van der Waals surface area (Å²) in [7, 11) is 0. The summed E-state index contributed by atoms with van der Waals surface area (Å²) in [6, 6.07) is 24.1. The first kappa shape index (κ1) is 22.6. The van der Waals surface area contributed by atoms with Gasteiger partial charge in [-0.15, -0.1) is 0 Å². The topological polar surface area (TPSA) is 37.4 Å². The van der Waals surface area contributed by atoms with Gasteiger partial charge < -0.3 is 9.69 Å². The minimum absolute atomic E-state index is 0.0530. The van der Waals surface area contributed by atoms with Crippen LogP contribution in [0.3, 0.4) is 0 Å². The second-order valence-electron chi connectivity index (χ2n) is 8.99. The van der Waals surface area contributed by atoms with E-state index in [1.807, 2.05) is 47.4 Å². The quantitative estimate of drug-likeness (QED) is 0.500. The van der Waals surface area contributed by atoms with Crippen LogP contribution in [-0.4, -0.2) is 23.1 Å². The van der Waals surface area contributed by atoms with Crippen LogP contribution in [0.5, 0.6) is 0 Å². The third-order valence-electron chi connectivity index (χ3n) is 6.05. The van der Waals surface area contributed by atoms with Gasteiger partial charge in [0.25, 0.3) is 5.91 Å². The number of hydrogen-bond acceptors (Lipinski definition) is 2. The number of rotatable bonds is 5. The Bertz CT molecular complexity index is 1210. The summed E-state index contributed by atoms with van der Waals surface area (Å²) < 4.78 is 0. The van der Waals surface area contributed by atoms with Crippen LogP contribution in [0.1, 0.15) is 58.4 Å². The molecule has 0 aliphatic carbocycles. The maximum absolute atomic E-state index is 13.1. The Hall–Kier alpha value is -3.64. The lowest BCUT2D eigenvalue weighted by Crippen LogP contribution is -2.35. The molecule has 3 nitrogen and oxygen atoms in total. The first-order valence-electron chi connectivity index (χ1n) is 11.5. The van der Waals surface area contributed by atoms with Crippen molar-refractivity contribution in [2.45, 2.75) is 39.7 Å². The number of carbonyl (C=O) groups excluding carboxylic acids is 2. The number of nitrogens with zero attached hydrogens (tertiary/aromatic N) is 1. The molecule has 3 aromatic carbocycles. The average molecular weight is 436 g/mol. The molecule has 0 fully saturated rings. The van der Waals surface area contributed by atoms with Crippen molar-refractivity contribution in [2.24, 2.45) is 5.92 Å². The number of hydrogen-bond donors (Lipinski definition) is 0. The van der Waals surface area contributed by atoms with Gasteiger partial charge in [0.2, 0.25) is 0 Å². The summed E-state index contributed by atoms with van der Waals surface area (Å²) in [4.78, 5) is 26.3. The molecule has 1 unspecified atom stereocenters. The van der Waals surface area contributed by atoms with Crippen molar-refractivity contribution >= 4 is 11.7 Å². The minimum atomic E-state index is 0.0530. The molecule has 1 heterocycles. The molecule has 0 bridgehead atoms. The van der Waals surface area contributed by atoms with Gasteiger partial charge in [-0.05, 0) is 72.7 Å². The molecule has 1 aliphatic heterocycles. The third kappa shape index (κ3) is 5.99. The summed E-state index contributed by atoms with van der Waals surface area (Å²) >= 11 is 0. The van der Waals surface area contributed by atoms with Gasteiger partial charge in [-0.3, -0.25) is 4.79 Å². The highest BCUT2D eigenvalue weighted by molar-refractivity contribution is 5.94. The molecule has 0 radical (unpaired) electrons. The van der Waals surface area contributed by atoms with Gasteiger partial charge in [0.1, 0.15) is 5.78 Å². The highest BCUT2D eigenvalue weighted by Gasteiger charge is 2.21. The lowest BCUT2D eigenvalue weighted by Gasteiger charge is -2.29. The summed E-state index contributed by atoms with van der Waals surface area (Å²) in [5.41, 5.74) is 6.22. The highest BCUT2D eigenvalue weighted by atomic mass is 16.2. The van der Waals surface area contributed by atoms with Crippen molar-refractivity contribution in [1.82, 2.24) is 4.90 Å². The average Bonchev–Trinajstić information content (AvgIpc) is 2.82. The zero-order valence-corrected chi connectivity index (χ0v) is 19.3. The zero-order chi connectivity index (χ0) is 23.2. The van der Waals surface area contributed by atoms with Crippen LogP contribution in [0.15, 0.2) is 72.8 Å². The van der Waals surface area contributed by atoms with Gasteiger partial charge in [0.15, 0.2) is 0 Å². The van der Waals surface area contributed by atoms with Crippen molar-refractivity contribution in [3.63, 3.8) is 0 Å². The van der Waals surface area contributed by atoms with Crippen LogP contribution in [0.2, 0.25) is 0 Å². The maximum atomic E-state index is 13.1. The Labute approximate surface area is 196 Å². The number of ketones is 1. The predicted octanol–water partition coefficient (Wildman–Crippen LogP) is 5.44. The van der Waals surface area contributed by atoms with Gasteiger partial charge in [0, 0.05) is 36.2 Å². The Morgan fingerprint density at radius 2 is 1.64 bits per heavy atom. The van der Waals surface area contributed by atoms with Crippen molar-refractivity contribution in [3.8, 4) is 11.8 Å². The molecule has 33 heavy (non-hydrogen) atoms. The van der Waals surface area contributed by atoms with Crippen LogP contribution in [-0.2, 0) is 24.2 Å². The number of Topliss-reactive ketones (excluding diaryl/α,β-unsaturated/α-hetero) is 1. The van der Waals surface area contributed by atoms with Crippen molar-refractivity contribution in [3.05, 3.63) is 106 Å². The van der Waals surface area contributed by atoms with Gasteiger partial charge in [0.05, 0.1) is 0 Å². The third-order valence-corrected chi connectivity index (χ3v) is 6.05. The summed E-state index contributed by atoms with van der Waals surface area (Å²) in [6.45, 7) is 5.14. The van der Waals surface area contributed by atoms with E-state index in [9.17, 15) is 9.59 Å². The molecule has 0 spiro atoms. The molecule has 0 saturated heterocycles. The number of carbonyl (C=O) groups is 2. The summed E-state index contributed by atoms with van der Waals surface area (Å²) in [6.07, 6.45) is 2.39. The highest BCUT2D eigenvalue weighted by Crippen LogP contribution is 2.20. The molecule has 0 N–H and O–H groups in total. The second-order valence-corrected chi connectivity index (χ2v) is 8.99. The molecule has 3 aromatic rings. The molecule has 3 heteroatoms. The molecule has 1 amide bonds. The van der Waals surface area contributed by atoms with Gasteiger partial charge in [-0.1, -0.05) is 61.2 Å². The fourth-order valence-corrected chi connectivity index (χ4v) is 4.42. The maximum Gasteiger partial charge on any atom is 0.254 e. The monoisotopic (exact) mass is 435 g/mol. The van der Waals surface area contributed by atoms with Crippen molar-refractivity contribution < 1.29 is 9.59 Å². The molecular weight excluding hydrogens is 406 g/mol. The van der Waals surface area contributed by atoms with Crippen LogP contribution < -0.4 is 0 Å². The van der Waals surface area contributed by atoms with E-state index < -0.39 is 0 Å². The Kier molecular flexibility index (Phi) is 7.05. The van der Waals surface area contributed by atoms with E-state index in [4.69, 9.17) is 0 Å². The first-order chi connectivity index (χ1) is 16.0. The van der Waals surface area contributed by atoms with Crippen molar-refractivity contribution in [2.75, 3.05) is 6.54 Å². The lowest BCUT2D eigenvalue weighted by molar-refractivity contribution is -0.117. The van der Waals surface area contributed by atoms with E-state index in [2.05, 4.69) is 49.1 Å². The molecule has 166 valence electrons. The number of benzene rings is 3. The number of amides is 1. The van der Waals surface area contributed by atoms with Crippen LogP contribution in [0.25, 0.3) is 0 Å². The SMILES string of the molecule is CC(=O)CC(C)Cc1ccc(C#Cc2cccc(C(=O)N3CCc4ccccc4C3)c2)cc1. The fourth-order valence-electron chi connectivity index (χ4n) is 4.42. The zero-order valence-electron chi connectivity index (χ0n) is 19.3. The van der Waals surface area contributed by atoms with Gasteiger partial charge in [-0.2, -0.15) is 0 Å². The fraction of sp³-hybridized carbons (Fsp3) is 0.267. The standard InChI is InChI=1S/C30H29NO2/c1-22(18-23(2)32)19-26-14-11-24(12-15-26)10-13-25-6-5-9-28(20-25)30(33)31-17-16-27-7-3-4-8-29(27)21-31/h3-9,11-12,14-15,20,22H,16-19,21H2,1-2H3. The molecule has 4 rings (SSSR count). The van der Waals surface area contributed by atoms with Gasteiger partial charge >= 0.3 is 0 Å². The van der Waals surface area contributed by atoms with E-state index in [1.54, 1.807) is 6.92 Å². The van der Waals surface area contributed by atoms with E-state index in [0.29, 0.717) is 24.4 Å². The summed E-state index contributed by atoms with van der Waals surface area (Å²) in [5.74, 6) is 7.03. The Morgan fingerprint density at radius 3 is 2.39 bits per heavy atom.